The zero-order chi connectivity index (χ0) is 17.8. The summed E-state index contributed by atoms with van der Waals surface area (Å²) in [6.45, 7) is 6.37. The fourth-order valence-corrected chi connectivity index (χ4v) is 3.30. The Morgan fingerprint density at radius 2 is 2.00 bits per heavy atom. The molecule has 0 aliphatic heterocycles. The SMILES string of the molecule is Cc1cc(C)n2nc(SC(C)C(=O)NCCc3ccccc3)nc2n1. The van der Waals surface area contributed by atoms with Crippen LogP contribution in [0.25, 0.3) is 5.78 Å². The van der Waals surface area contributed by atoms with Crippen LogP contribution >= 0.6 is 11.8 Å². The van der Waals surface area contributed by atoms with E-state index in [1.165, 1.54) is 17.3 Å². The summed E-state index contributed by atoms with van der Waals surface area (Å²) in [6.07, 6.45) is 0.818. The molecule has 0 saturated heterocycles. The lowest BCUT2D eigenvalue weighted by molar-refractivity contribution is -0.120. The predicted molar refractivity (Wildman–Crippen MR) is 98.7 cm³/mol. The van der Waals surface area contributed by atoms with E-state index in [2.05, 4.69) is 32.5 Å². The number of hydrogen-bond donors (Lipinski definition) is 1. The van der Waals surface area contributed by atoms with Gasteiger partial charge in [-0.05, 0) is 38.8 Å². The number of aryl methyl sites for hydroxylation is 2. The molecule has 3 aromatic rings. The number of nitrogens with one attached hydrogen (secondary N) is 1. The van der Waals surface area contributed by atoms with Crippen LogP contribution in [-0.2, 0) is 11.2 Å². The van der Waals surface area contributed by atoms with Crippen molar-refractivity contribution >= 4 is 23.4 Å². The Hall–Kier alpha value is -2.41. The minimum absolute atomic E-state index is 0.0133. The first kappa shape index (κ1) is 17.4. The van der Waals surface area contributed by atoms with Crippen molar-refractivity contribution in [2.75, 3.05) is 6.54 Å². The molecule has 0 aliphatic carbocycles. The average molecular weight is 355 g/mol. The summed E-state index contributed by atoms with van der Waals surface area (Å²) in [5.41, 5.74) is 3.09. The van der Waals surface area contributed by atoms with E-state index in [9.17, 15) is 4.79 Å². The summed E-state index contributed by atoms with van der Waals surface area (Å²) in [4.78, 5) is 21.0. The molecule has 0 saturated carbocycles. The van der Waals surface area contributed by atoms with E-state index in [-0.39, 0.29) is 11.2 Å². The second-order valence-corrected chi connectivity index (χ2v) is 7.24. The van der Waals surface area contributed by atoms with Gasteiger partial charge in [0, 0.05) is 17.9 Å². The lowest BCUT2D eigenvalue weighted by atomic mass is 10.1. The summed E-state index contributed by atoms with van der Waals surface area (Å²) in [5.74, 6) is 0.553. The van der Waals surface area contributed by atoms with Crippen LogP contribution in [0.15, 0.2) is 41.6 Å². The molecule has 3 rings (SSSR count). The molecule has 1 aromatic carbocycles. The van der Waals surface area contributed by atoms with Crippen LogP contribution in [-0.4, -0.2) is 37.3 Å². The quantitative estimate of drug-likeness (QED) is 0.688. The summed E-state index contributed by atoms with van der Waals surface area (Å²) >= 11 is 1.34. The van der Waals surface area contributed by atoms with Crippen LogP contribution in [0.1, 0.15) is 23.9 Å². The van der Waals surface area contributed by atoms with E-state index in [0.29, 0.717) is 17.5 Å². The van der Waals surface area contributed by atoms with Crippen molar-refractivity contribution in [1.82, 2.24) is 24.9 Å². The zero-order valence-corrected chi connectivity index (χ0v) is 15.4. The van der Waals surface area contributed by atoms with Crippen molar-refractivity contribution in [1.29, 1.82) is 0 Å². The maximum atomic E-state index is 12.3. The number of carbonyl (C=O) groups is 1. The Balaban J connectivity index is 1.57. The molecular weight excluding hydrogens is 334 g/mol. The third kappa shape index (κ3) is 4.36. The van der Waals surface area contributed by atoms with Gasteiger partial charge in [0.15, 0.2) is 0 Å². The normalized spacial score (nSPS) is 12.3. The first-order valence-corrected chi connectivity index (χ1v) is 9.10. The third-order valence-electron chi connectivity index (χ3n) is 3.81. The molecule has 1 N–H and O–H groups in total. The minimum Gasteiger partial charge on any atom is -0.355 e. The highest BCUT2D eigenvalue weighted by Gasteiger charge is 2.17. The second kappa shape index (κ2) is 7.65. The van der Waals surface area contributed by atoms with Crippen LogP contribution in [0.5, 0.6) is 0 Å². The number of aromatic nitrogens is 4. The first-order chi connectivity index (χ1) is 12.0. The van der Waals surface area contributed by atoms with E-state index < -0.39 is 0 Å². The molecule has 1 amide bonds. The van der Waals surface area contributed by atoms with Gasteiger partial charge in [0.1, 0.15) is 0 Å². The Morgan fingerprint density at radius 3 is 2.76 bits per heavy atom. The van der Waals surface area contributed by atoms with Gasteiger partial charge in [-0.15, -0.1) is 5.10 Å². The predicted octanol–water partition coefficient (Wildman–Crippen LogP) is 2.58. The highest BCUT2D eigenvalue weighted by atomic mass is 32.2. The molecule has 0 radical (unpaired) electrons. The fourth-order valence-electron chi connectivity index (χ4n) is 2.53. The van der Waals surface area contributed by atoms with Crippen molar-refractivity contribution < 1.29 is 4.79 Å². The van der Waals surface area contributed by atoms with Gasteiger partial charge in [0.2, 0.25) is 11.1 Å². The largest absolute Gasteiger partial charge is 0.355 e. The molecule has 7 heteroatoms. The molecule has 25 heavy (non-hydrogen) atoms. The molecule has 2 heterocycles. The van der Waals surface area contributed by atoms with Gasteiger partial charge < -0.3 is 5.32 Å². The van der Waals surface area contributed by atoms with Crippen LogP contribution in [0.3, 0.4) is 0 Å². The standard InChI is InChI=1S/C18H21N5OS/c1-12-11-13(2)23-17(20-12)21-18(22-23)25-14(3)16(24)19-10-9-15-7-5-4-6-8-15/h4-8,11,14H,9-10H2,1-3H3,(H,19,24). The molecule has 0 fully saturated rings. The van der Waals surface area contributed by atoms with Crippen molar-refractivity contribution in [2.24, 2.45) is 0 Å². The Kier molecular flexibility index (Phi) is 5.33. The molecule has 0 aliphatic rings. The Labute approximate surface area is 151 Å². The second-order valence-electron chi connectivity index (χ2n) is 5.93. The zero-order valence-electron chi connectivity index (χ0n) is 14.6. The number of carbonyl (C=O) groups excluding carboxylic acids is 1. The highest BCUT2D eigenvalue weighted by molar-refractivity contribution is 8.00. The molecular formula is C18H21N5OS. The van der Waals surface area contributed by atoms with Gasteiger partial charge in [-0.2, -0.15) is 4.98 Å². The van der Waals surface area contributed by atoms with E-state index in [1.54, 1.807) is 4.52 Å². The monoisotopic (exact) mass is 355 g/mol. The fraction of sp³-hybridized carbons (Fsp3) is 0.333. The van der Waals surface area contributed by atoms with Gasteiger partial charge in [-0.1, -0.05) is 42.1 Å². The van der Waals surface area contributed by atoms with Crippen LogP contribution in [0.2, 0.25) is 0 Å². The number of thioether (sulfide) groups is 1. The van der Waals surface area contributed by atoms with Crippen molar-refractivity contribution in [3.8, 4) is 0 Å². The molecule has 0 bridgehead atoms. The third-order valence-corrected chi connectivity index (χ3v) is 4.76. The van der Waals surface area contributed by atoms with Gasteiger partial charge in [0.05, 0.1) is 5.25 Å². The van der Waals surface area contributed by atoms with Gasteiger partial charge in [-0.25, -0.2) is 9.50 Å². The smallest absolute Gasteiger partial charge is 0.253 e. The number of fused-ring (bicyclic) bond motifs is 1. The maximum absolute atomic E-state index is 12.3. The number of amides is 1. The number of hydrogen-bond acceptors (Lipinski definition) is 5. The number of benzene rings is 1. The molecule has 0 spiro atoms. The molecule has 1 atom stereocenters. The van der Waals surface area contributed by atoms with E-state index >= 15 is 0 Å². The molecule has 6 nitrogen and oxygen atoms in total. The lowest BCUT2D eigenvalue weighted by Gasteiger charge is -2.10. The summed E-state index contributed by atoms with van der Waals surface area (Å²) in [5, 5.41) is 7.69. The highest BCUT2D eigenvalue weighted by Crippen LogP contribution is 2.20. The minimum atomic E-state index is -0.269. The van der Waals surface area contributed by atoms with Crippen LogP contribution in [0.4, 0.5) is 0 Å². The summed E-state index contributed by atoms with van der Waals surface area (Å²) in [6, 6.07) is 12.1. The first-order valence-electron chi connectivity index (χ1n) is 8.22. The Bertz CT molecular complexity index is 878. The van der Waals surface area contributed by atoms with Crippen LogP contribution in [0, 0.1) is 13.8 Å². The lowest BCUT2D eigenvalue weighted by Crippen LogP contribution is -2.32. The summed E-state index contributed by atoms with van der Waals surface area (Å²) in [7, 11) is 0. The summed E-state index contributed by atoms with van der Waals surface area (Å²) < 4.78 is 1.70. The van der Waals surface area contributed by atoms with Crippen LogP contribution < -0.4 is 5.32 Å². The average Bonchev–Trinajstić information content (AvgIpc) is 2.98. The van der Waals surface area contributed by atoms with Crippen molar-refractivity contribution in [3.05, 3.63) is 53.3 Å². The van der Waals surface area contributed by atoms with E-state index in [0.717, 1.165) is 17.8 Å². The molecule has 1 unspecified atom stereocenters. The van der Waals surface area contributed by atoms with E-state index in [1.807, 2.05) is 45.0 Å². The number of rotatable bonds is 6. The van der Waals surface area contributed by atoms with E-state index in [4.69, 9.17) is 0 Å². The van der Waals surface area contributed by atoms with Gasteiger partial charge in [-0.3, -0.25) is 4.79 Å². The number of nitrogens with zero attached hydrogens (tertiary/aromatic N) is 4. The Morgan fingerprint density at radius 1 is 1.24 bits per heavy atom. The van der Waals surface area contributed by atoms with Gasteiger partial charge >= 0.3 is 0 Å². The van der Waals surface area contributed by atoms with Crippen molar-refractivity contribution in [3.63, 3.8) is 0 Å². The molecule has 2 aromatic heterocycles. The van der Waals surface area contributed by atoms with Crippen molar-refractivity contribution in [2.45, 2.75) is 37.6 Å². The topological polar surface area (TPSA) is 72.2 Å². The molecule has 130 valence electrons. The van der Waals surface area contributed by atoms with Gasteiger partial charge in [0.25, 0.3) is 5.78 Å². The maximum Gasteiger partial charge on any atom is 0.253 e.